The fourth-order valence-corrected chi connectivity index (χ4v) is 2.33. The van der Waals surface area contributed by atoms with Crippen LogP contribution in [0.1, 0.15) is 23.0 Å². The lowest BCUT2D eigenvalue weighted by Gasteiger charge is -2.11. The van der Waals surface area contributed by atoms with E-state index >= 15 is 0 Å². The molecule has 0 saturated carbocycles. The molecule has 0 aliphatic carbocycles. The van der Waals surface area contributed by atoms with Crippen molar-refractivity contribution in [3.63, 3.8) is 0 Å². The summed E-state index contributed by atoms with van der Waals surface area (Å²) in [7, 11) is 3.65. The van der Waals surface area contributed by atoms with Crippen LogP contribution in [0.4, 0.5) is 5.95 Å². The van der Waals surface area contributed by atoms with Crippen LogP contribution in [0.5, 0.6) is 0 Å². The van der Waals surface area contributed by atoms with Gasteiger partial charge in [0.2, 0.25) is 5.95 Å². The summed E-state index contributed by atoms with van der Waals surface area (Å²) in [6, 6.07) is 9.51. The second kappa shape index (κ2) is 7.22. The highest BCUT2D eigenvalue weighted by atomic mass is 16.1. The molecule has 0 amide bonds. The van der Waals surface area contributed by atoms with Crippen LogP contribution in [0, 0.1) is 0 Å². The molecule has 3 rings (SSSR count). The van der Waals surface area contributed by atoms with E-state index in [4.69, 9.17) is 0 Å². The number of fused-ring (bicyclic) bond motifs is 1. The fourth-order valence-electron chi connectivity index (χ4n) is 2.33. The highest BCUT2D eigenvalue weighted by molar-refractivity contribution is 5.93. The van der Waals surface area contributed by atoms with E-state index in [-0.39, 0.29) is 40.7 Å². The number of ketones is 1. The second-order valence-electron chi connectivity index (χ2n) is 5.98. The zero-order chi connectivity index (χ0) is 18.7. The van der Waals surface area contributed by atoms with Gasteiger partial charge in [-0.25, -0.2) is 15.0 Å². The van der Waals surface area contributed by atoms with Crippen molar-refractivity contribution in [3.8, 4) is 0 Å². The van der Waals surface area contributed by atoms with E-state index in [1.54, 1.807) is 11.2 Å². The molecule has 2 heterocycles. The van der Waals surface area contributed by atoms with Gasteiger partial charge in [-0.3, -0.25) is 14.2 Å². The molecular formula is C18H18N6O2. The third kappa shape index (κ3) is 3.64. The maximum absolute atomic E-state index is 13.0. The average molecular weight is 350 g/mol. The number of carbonyl (C=O) groups excluding carboxylic acids is 1. The van der Waals surface area contributed by atoms with E-state index in [2.05, 4.69) is 19.9 Å². The van der Waals surface area contributed by atoms with Crippen molar-refractivity contribution in [2.75, 3.05) is 14.1 Å². The zero-order valence-corrected chi connectivity index (χ0v) is 14.7. The molecule has 26 heavy (non-hydrogen) atoms. The number of aliphatic imine (C=N–C) groups is 1. The van der Waals surface area contributed by atoms with Gasteiger partial charge in [0.05, 0.1) is 19.1 Å². The topological polar surface area (TPSA) is 93.3 Å². The van der Waals surface area contributed by atoms with Gasteiger partial charge in [0.1, 0.15) is 5.69 Å². The Morgan fingerprint density at radius 3 is 2.62 bits per heavy atom. The minimum absolute atomic E-state index is 0.0532. The van der Waals surface area contributed by atoms with E-state index < -0.39 is 0 Å². The first kappa shape index (κ1) is 17.4. The van der Waals surface area contributed by atoms with Crippen molar-refractivity contribution in [1.29, 1.82) is 0 Å². The molecule has 0 aliphatic rings. The van der Waals surface area contributed by atoms with Crippen LogP contribution in [0.3, 0.4) is 0 Å². The molecule has 1 aromatic carbocycles. The van der Waals surface area contributed by atoms with Crippen molar-refractivity contribution in [1.82, 2.24) is 24.4 Å². The smallest absolute Gasteiger partial charge is 0.283 e. The Kier molecular flexibility index (Phi) is 4.83. The molecule has 0 radical (unpaired) electrons. The summed E-state index contributed by atoms with van der Waals surface area (Å²) in [5.74, 6) is -0.0342. The molecule has 8 nitrogen and oxygen atoms in total. The van der Waals surface area contributed by atoms with E-state index in [0.29, 0.717) is 0 Å². The van der Waals surface area contributed by atoms with Crippen LogP contribution < -0.4 is 5.56 Å². The molecule has 0 atom stereocenters. The number of rotatable bonds is 5. The number of hydrogen-bond donors (Lipinski definition) is 0. The predicted octanol–water partition coefficient (Wildman–Crippen LogP) is 1.66. The van der Waals surface area contributed by atoms with Crippen molar-refractivity contribution < 1.29 is 4.79 Å². The lowest BCUT2D eigenvalue weighted by Crippen LogP contribution is -2.24. The maximum Gasteiger partial charge on any atom is 0.283 e. The van der Waals surface area contributed by atoms with Crippen LogP contribution in [0.15, 0.2) is 46.3 Å². The van der Waals surface area contributed by atoms with E-state index in [9.17, 15) is 9.59 Å². The van der Waals surface area contributed by atoms with Crippen LogP contribution >= 0.6 is 0 Å². The molecule has 3 aromatic rings. The van der Waals surface area contributed by atoms with Crippen molar-refractivity contribution in [2.24, 2.45) is 4.99 Å². The number of Topliss-reactive ketones (excluding diaryl/α,β-unsaturated/α-hetero) is 1. The monoisotopic (exact) mass is 350 g/mol. The average Bonchev–Trinajstić information content (AvgIpc) is 2.63. The van der Waals surface area contributed by atoms with Crippen LogP contribution in [-0.4, -0.2) is 50.6 Å². The Balaban J connectivity index is 2.22. The molecule has 0 N–H and O–H groups in total. The number of carbonyl (C=O) groups is 1. The highest BCUT2D eigenvalue weighted by Gasteiger charge is 2.15. The number of hydrogen-bond acceptors (Lipinski definition) is 6. The second-order valence-corrected chi connectivity index (χ2v) is 5.98. The van der Waals surface area contributed by atoms with E-state index in [0.717, 1.165) is 5.56 Å². The molecule has 132 valence electrons. The highest BCUT2D eigenvalue weighted by Crippen LogP contribution is 2.13. The van der Waals surface area contributed by atoms with Gasteiger partial charge in [0.15, 0.2) is 16.9 Å². The summed E-state index contributed by atoms with van der Waals surface area (Å²) in [6.45, 7) is 1.66. The number of aromatic nitrogens is 4. The Bertz CT molecular complexity index is 1040. The van der Waals surface area contributed by atoms with Gasteiger partial charge in [-0.2, -0.15) is 4.98 Å². The minimum Gasteiger partial charge on any atom is -0.369 e. The van der Waals surface area contributed by atoms with E-state index in [1.807, 2.05) is 44.4 Å². The van der Waals surface area contributed by atoms with Crippen molar-refractivity contribution in [3.05, 3.63) is 58.1 Å². The third-order valence-electron chi connectivity index (χ3n) is 3.60. The van der Waals surface area contributed by atoms with E-state index in [1.165, 1.54) is 17.7 Å². The molecule has 0 spiro atoms. The summed E-state index contributed by atoms with van der Waals surface area (Å²) in [4.78, 5) is 43.2. The summed E-state index contributed by atoms with van der Waals surface area (Å²) in [5.41, 5.74) is 0.882. The normalized spacial score (nSPS) is 11.2. The SMILES string of the molecule is CC(=O)c1cnc2nc(/N=C\N(C)C)n(Cc3ccccc3)c(=O)c2n1. The molecule has 0 saturated heterocycles. The van der Waals surface area contributed by atoms with Crippen LogP contribution in [0.25, 0.3) is 11.2 Å². The Morgan fingerprint density at radius 2 is 1.96 bits per heavy atom. The largest absolute Gasteiger partial charge is 0.369 e. The van der Waals surface area contributed by atoms with Gasteiger partial charge in [0, 0.05) is 21.0 Å². The van der Waals surface area contributed by atoms with Crippen LogP contribution in [0.2, 0.25) is 0 Å². The Morgan fingerprint density at radius 1 is 1.23 bits per heavy atom. The number of benzene rings is 1. The molecule has 2 aromatic heterocycles. The predicted molar refractivity (Wildman–Crippen MR) is 99.0 cm³/mol. The summed E-state index contributed by atoms with van der Waals surface area (Å²) >= 11 is 0. The third-order valence-corrected chi connectivity index (χ3v) is 3.60. The molecule has 0 aliphatic heterocycles. The maximum atomic E-state index is 13.0. The van der Waals surface area contributed by atoms with Crippen LogP contribution in [-0.2, 0) is 6.54 Å². The standard InChI is InChI=1S/C18H18N6O2/c1-12(25)14-9-19-16-15(21-14)17(26)24(10-13-7-5-4-6-8-13)18(22-16)20-11-23(2)3/h4-9,11H,10H2,1-3H3/b20-11-. The molecule has 8 heteroatoms. The first-order valence-corrected chi connectivity index (χ1v) is 7.99. The van der Waals surface area contributed by atoms with Gasteiger partial charge < -0.3 is 4.90 Å². The quantitative estimate of drug-likeness (QED) is 0.395. The minimum atomic E-state index is -0.389. The first-order chi connectivity index (χ1) is 12.5. The Labute approximate surface area is 149 Å². The van der Waals surface area contributed by atoms with Gasteiger partial charge in [0.25, 0.3) is 5.56 Å². The fraction of sp³-hybridized carbons (Fsp3) is 0.222. The Hall–Kier alpha value is -3.42. The molecule has 0 bridgehead atoms. The van der Waals surface area contributed by atoms with Gasteiger partial charge >= 0.3 is 0 Å². The first-order valence-electron chi connectivity index (χ1n) is 7.99. The number of nitrogens with zero attached hydrogens (tertiary/aromatic N) is 6. The summed E-state index contributed by atoms with van der Waals surface area (Å²) < 4.78 is 1.43. The lowest BCUT2D eigenvalue weighted by atomic mass is 10.2. The molecule has 0 unspecified atom stereocenters. The van der Waals surface area contributed by atoms with Gasteiger partial charge in [-0.15, -0.1) is 0 Å². The van der Waals surface area contributed by atoms with Gasteiger partial charge in [-0.05, 0) is 5.56 Å². The van der Waals surface area contributed by atoms with Crippen molar-refractivity contribution >= 4 is 29.2 Å². The summed E-state index contributed by atoms with van der Waals surface area (Å²) in [5, 5.41) is 0. The zero-order valence-electron chi connectivity index (χ0n) is 14.7. The van der Waals surface area contributed by atoms with Gasteiger partial charge in [-0.1, -0.05) is 30.3 Å². The lowest BCUT2D eigenvalue weighted by molar-refractivity contribution is 0.101. The summed E-state index contributed by atoms with van der Waals surface area (Å²) in [6.07, 6.45) is 2.88. The van der Waals surface area contributed by atoms with Crippen molar-refractivity contribution in [2.45, 2.75) is 13.5 Å². The molecular weight excluding hydrogens is 332 g/mol. The molecule has 0 fully saturated rings.